The van der Waals surface area contributed by atoms with E-state index in [2.05, 4.69) is 9.97 Å². The number of aromatic carboxylic acids is 1. The molecule has 0 fully saturated rings. The molecular formula is C42H36Cl2N2O6. The van der Waals surface area contributed by atoms with Gasteiger partial charge in [-0.1, -0.05) is 96.0 Å². The van der Waals surface area contributed by atoms with Crippen LogP contribution in [0.4, 0.5) is 0 Å². The lowest BCUT2D eigenvalue weighted by Crippen LogP contribution is -2.08. The first-order chi connectivity index (χ1) is 25.3. The summed E-state index contributed by atoms with van der Waals surface area (Å²) in [4.78, 5) is 31.5. The average molecular weight is 736 g/mol. The standard InChI is InChI=1S/C22H20ClNO3.C20H16ClNO3/c1-2-26-22(25)20-10-6-9-19(24-20)14-17-13-18(23)11-12-21(17)27-15-16-7-4-3-5-8-16;21-16-9-10-19(25-13-14-5-2-1-3-6-14)15(11-16)12-17-7-4-8-18(22-17)20(23)24/h3-13H,2,14-15H2,1H3;1-11H,12-13H2,(H,23,24). The summed E-state index contributed by atoms with van der Waals surface area (Å²) in [5.41, 5.74) is 5.62. The molecule has 0 aliphatic heterocycles. The minimum Gasteiger partial charge on any atom is -0.489 e. The highest BCUT2D eigenvalue weighted by Gasteiger charge is 2.13. The van der Waals surface area contributed by atoms with Gasteiger partial charge in [-0.15, -0.1) is 0 Å². The van der Waals surface area contributed by atoms with Crippen LogP contribution in [0.3, 0.4) is 0 Å². The molecule has 0 saturated carbocycles. The number of hydrogen-bond acceptors (Lipinski definition) is 7. The van der Waals surface area contributed by atoms with Gasteiger partial charge in [0.15, 0.2) is 0 Å². The highest BCUT2D eigenvalue weighted by Crippen LogP contribution is 2.27. The van der Waals surface area contributed by atoms with Crippen LogP contribution < -0.4 is 9.47 Å². The van der Waals surface area contributed by atoms with E-state index in [1.165, 1.54) is 6.07 Å². The number of carbonyl (C=O) groups is 2. The summed E-state index contributed by atoms with van der Waals surface area (Å²) in [5.74, 6) is -0.0261. The number of benzene rings is 4. The molecule has 0 bridgehead atoms. The Kier molecular flexibility index (Phi) is 13.8. The molecule has 8 nitrogen and oxygen atoms in total. The van der Waals surface area contributed by atoms with Crippen molar-refractivity contribution < 1.29 is 28.9 Å². The first-order valence-corrected chi connectivity index (χ1v) is 17.3. The van der Waals surface area contributed by atoms with Gasteiger partial charge in [0.1, 0.15) is 36.1 Å². The zero-order chi connectivity index (χ0) is 36.7. The third kappa shape index (κ3) is 11.4. The summed E-state index contributed by atoms with van der Waals surface area (Å²) >= 11 is 12.3. The van der Waals surface area contributed by atoms with Gasteiger partial charge in [-0.05, 0) is 78.7 Å². The number of halogens is 2. The molecule has 2 heterocycles. The van der Waals surface area contributed by atoms with Crippen LogP contribution in [0, 0.1) is 0 Å². The van der Waals surface area contributed by atoms with Gasteiger partial charge in [0.05, 0.1) is 6.61 Å². The third-order valence-electron chi connectivity index (χ3n) is 7.58. The summed E-state index contributed by atoms with van der Waals surface area (Å²) in [6.07, 6.45) is 0.934. The molecule has 0 aliphatic carbocycles. The molecule has 264 valence electrons. The number of pyridine rings is 2. The van der Waals surface area contributed by atoms with Gasteiger partial charge < -0.3 is 19.3 Å². The van der Waals surface area contributed by atoms with Crippen LogP contribution >= 0.6 is 23.2 Å². The van der Waals surface area contributed by atoms with Crippen molar-refractivity contribution in [3.8, 4) is 11.5 Å². The molecule has 0 unspecified atom stereocenters. The quantitative estimate of drug-likeness (QED) is 0.117. The number of ether oxygens (including phenoxy) is 3. The zero-order valence-electron chi connectivity index (χ0n) is 28.4. The fourth-order valence-corrected chi connectivity index (χ4v) is 5.50. The molecule has 2 aromatic heterocycles. The Morgan fingerprint density at radius 2 is 1.06 bits per heavy atom. The second-order valence-corrected chi connectivity index (χ2v) is 12.3. The Bertz CT molecular complexity index is 2090. The molecule has 0 atom stereocenters. The summed E-state index contributed by atoms with van der Waals surface area (Å²) in [6.45, 7) is 2.99. The van der Waals surface area contributed by atoms with Gasteiger partial charge in [-0.2, -0.15) is 0 Å². The number of carbonyl (C=O) groups excluding carboxylic acids is 1. The maximum Gasteiger partial charge on any atom is 0.356 e. The van der Waals surface area contributed by atoms with Crippen molar-refractivity contribution in [3.63, 3.8) is 0 Å². The van der Waals surface area contributed by atoms with Crippen LogP contribution in [-0.2, 0) is 30.8 Å². The Balaban J connectivity index is 0.000000202. The first kappa shape index (κ1) is 37.6. The smallest absolute Gasteiger partial charge is 0.356 e. The lowest BCUT2D eigenvalue weighted by molar-refractivity contribution is 0.0518. The van der Waals surface area contributed by atoms with Crippen LogP contribution in [0.1, 0.15) is 61.5 Å². The van der Waals surface area contributed by atoms with Crippen molar-refractivity contribution in [1.82, 2.24) is 9.97 Å². The Morgan fingerprint density at radius 1 is 0.596 bits per heavy atom. The zero-order valence-corrected chi connectivity index (χ0v) is 29.9. The summed E-state index contributed by atoms with van der Waals surface area (Å²) in [6, 6.07) is 41.0. The molecule has 0 saturated heterocycles. The maximum atomic E-state index is 11.9. The van der Waals surface area contributed by atoms with Crippen LogP contribution in [0.25, 0.3) is 0 Å². The van der Waals surface area contributed by atoms with Gasteiger partial charge in [0, 0.05) is 45.4 Å². The molecule has 52 heavy (non-hydrogen) atoms. The number of aromatic nitrogens is 2. The van der Waals surface area contributed by atoms with Crippen LogP contribution in [0.5, 0.6) is 11.5 Å². The molecule has 6 aromatic rings. The van der Waals surface area contributed by atoms with Crippen molar-refractivity contribution in [2.45, 2.75) is 33.0 Å². The van der Waals surface area contributed by atoms with Crippen molar-refractivity contribution in [3.05, 3.63) is 189 Å². The van der Waals surface area contributed by atoms with Crippen LogP contribution in [0.15, 0.2) is 133 Å². The molecular weight excluding hydrogens is 699 g/mol. The van der Waals surface area contributed by atoms with Gasteiger partial charge in [0.25, 0.3) is 0 Å². The SMILES string of the molecule is CCOC(=O)c1cccc(Cc2cc(Cl)ccc2OCc2ccccc2)n1.O=C(O)c1cccc(Cc2cc(Cl)ccc2OCc2ccccc2)n1. The molecule has 0 radical (unpaired) electrons. The molecule has 0 amide bonds. The third-order valence-corrected chi connectivity index (χ3v) is 8.05. The van der Waals surface area contributed by atoms with Gasteiger partial charge >= 0.3 is 11.9 Å². The van der Waals surface area contributed by atoms with Crippen molar-refractivity contribution in [2.24, 2.45) is 0 Å². The molecule has 1 N–H and O–H groups in total. The first-order valence-electron chi connectivity index (χ1n) is 16.5. The monoisotopic (exact) mass is 734 g/mol. The Morgan fingerprint density at radius 3 is 1.52 bits per heavy atom. The van der Waals surface area contributed by atoms with Crippen LogP contribution in [-0.4, -0.2) is 33.6 Å². The highest BCUT2D eigenvalue weighted by atomic mass is 35.5. The second kappa shape index (κ2) is 19.1. The Hall–Kier alpha value is -5.70. The van der Waals surface area contributed by atoms with Crippen molar-refractivity contribution in [1.29, 1.82) is 0 Å². The largest absolute Gasteiger partial charge is 0.489 e. The molecule has 6 rings (SSSR count). The minimum atomic E-state index is -1.05. The predicted octanol–water partition coefficient (Wildman–Crippen LogP) is 9.68. The van der Waals surface area contributed by atoms with Crippen LogP contribution in [0.2, 0.25) is 10.0 Å². The molecule has 4 aromatic carbocycles. The van der Waals surface area contributed by atoms with E-state index in [1.54, 1.807) is 43.3 Å². The Labute approximate surface area is 312 Å². The van der Waals surface area contributed by atoms with E-state index in [4.69, 9.17) is 42.5 Å². The normalized spacial score (nSPS) is 10.4. The van der Waals surface area contributed by atoms with Gasteiger partial charge in [-0.3, -0.25) is 0 Å². The second-order valence-electron chi connectivity index (χ2n) is 11.5. The highest BCUT2D eigenvalue weighted by molar-refractivity contribution is 6.31. The van der Waals surface area contributed by atoms with Crippen molar-refractivity contribution >= 4 is 35.1 Å². The van der Waals surface area contributed by atoms with E-state index in [1.807, 2.05) is 91.0 Å². The number of hydrogen-bond donors (Lipinski definition) is 1. The summed E-state index contributed by atoms with van der Waals surface area (Å²) in [7, 11) is 0. The number of carboxylic acid groups (broad SMARTS) is 1. The average Bonchev–Trinajstić information content (AvgIpc) is 3.16. The molecule has 0 aliphatic rings. The van der Waals surface area contributed by atoms with E-state index in [0.717, 1.165) is 33.7 Å². The number of nitrogens with zero attached hydrogens (tertiary/aromatic N) is 2. The maximum absolute atomic E-state index is 11.9. The molecule has 0 spiro atoms. The topological polar surface area (TPSA) is 108 Å². The van der Waals surface area contributed by atoms with Gasteiger partial charge in [0.2, 0.25) is 0 Å². The lowest BCUT2D eigenvalue weighted by atomic mass is 10.1. The fourth-order valence-electron chi connectivity index (χ4n) is 5.11. The number of esters is 1. The predicted molar refractivity (Wildman–Crippen MR) is 201 cm³/mol. The summed E-state index contributed by atoms with van der Waals surface area (Å²) < 4.78 is 16.9. The van der Waals surface area contributed by atoms with E-state index < -0.39 is 11.9 Å². The van der Waals surface area contributed by atoms with E-state index in [0.29, 0.717) is 59.8 Å². The van der Waals surface area contributed by atoms with E-state index >= 15 is 0 Å². The number of carboxylic acids is 1. The van der Waals surface area contributed by atoms with Gasteiger partial charge in [-0.25, -0.2) is 19.6 Å². The van der Waals surface area contributed by atoms with E-state index in [9.17, 15) is 9.59 Å². The minimum absolute atomic E-state index is 0.0197. The molecule has 10 heteroatoms. The van der Waals surface area contributed by atoms with Crippen molar-refractivity contribution in [2.75, 3.05) is 6.61 Å². The summed E-state index contributed by atoms with van der Waals surface area (Å²) in [5, 5.41) is 10.3. The van der Waals surface area contributed by atoms with E-state index in [-0.39, 0.29) is 5.69 Å². The number of rotatable bonds is 13. The fraction of sp³-hybridized carbons (Fsp3) is 0.143. The lowest BCUT2D eigenvalue weighted by Gasteiger charge is -2.12.